The smallest absolute Gasteiger partial charge is 0.0808 e. The van der Waals surface area contributed by atoms with Gasteiger partial charge in [0.05, 0.1) is 18.8 Å². The van der Waals surface area contributed by atoms with Crippen molar-refractivity contribution in [2.45, 2.75) is 44.3 Å². The largest absolute Gasteiger partial charge is 0.382 e. The van der Waals surface area contributed by atoms with Gasteiger partial charge in [-0.3, -0.25) is 0 Å². The third kappa shape index (κ3) is 3.48. The Morgan fingerprint density at radius 2 is 2.16 bits per heavy atom. The molecule has 19 heavy (non-hydrogen) atoms. The summed E-state index contributed by atoms with van der Waals surface area (Å²) in [7, 11) is 0. The summed E-state index contributed by atoms with van der Waals surface area (Å²) in [5, 5.41) is 3.50. The fourth-order valence-corrected chi connectivity index (χ4v) is 2.88. The SMILES string of the molecule is c1ccc2c(c1)CCC(OCC1CCCCO1)CN2. The Hall–Kier alpha value is -1.06. The van der Waals surface area contributed by atoms with Gasteiger partial charge in [-0.2, -0.15) is 0 Å². The number of rotatable bonds is 3. The number of ether oxygens (including phenoxy) is 2. The van der Waals surface area contributed by atoms with E-state index < -0.39 is 0 Å². The van der Waals surface area contributed by atoms with Crippen molar-refractivity contribution in [3.05, 3.63) is 29.8 Å². The average molecular weight is 261 g/mol. The van der Waals surface area contributed by atoms with Gasteiger partial charge in [-0.25, -0.2) is 0 Å². The number of hydrogen-bond acceptors (Lipinski definition) is 3. The molecule has 3 nitrogen and oxygen atoms in total. The van der Waals surface area contributed by atoms with Crippen LogP contribution in [0.5, 0.6) is 0 Å². The van der Waals surface area contributed by atoms with E-state index in [1.165, 1.54) is 24.1 Å². The van der Waals surface area contributed by atoms with E-state index in [0.29, 0.717) is 12.2 Å². The molecule has 0 aliphatic carbocycles. The van der Waals surface area contributed by atoms with Gasteiger partial charge in [0, 0.05) is 18.8 Å². The zero-order valence-corrected chi connectivity index (χ0v) is 11.4. The molecule has 0 radical (unpaired) electrons. The molecule has 1 saturated heterocycles. The summed E-state index contributed by atoms with van der Waals surface area (Å²) >= 11 is 0. The standard InChI is InChI=1S/C16H23NO2/c1-2-7-16-13(5-1)8-9-14(11-17-16)19-12-15-6-3-4-10-18-15/h1-2,5,7,14-15,17H,3-4,6,8-12H2. The fraction of sp³-hybridized carbons (Fsp3) is 0.625. The fourth-order valence-electron chi connectivity index (χ4n) is 2.88. The van der Waals surface area contributed by atoms with E-state index in [4.69, 9.17) is 9.47 Å². The Balaban J connectivity index is 1.48. The normalized spacial score (nSPS) is 27.2. The number of hydrogen-bond donors (Lipinski definition) is 1. The van der Waals surface area contributed by atoms with Gasteiger partial charge >= 0.3 is 0 Å². The second-order valence-electron chi connectivity index (χ2n) is 5.52. The summed E-state index contributed by atoms with van der Waals surface area (Å²) < 4.78 is 11.8. The molecule has 0 bridgehead atoms. The second kappa shape index (κ2) is 6.40. The molecule has 2 atom stereocenters. The first kappa shape index (κ1) is 12.9. The number of aryl methyl sites for hydroxylation is 1. The highest BCUT2D eigenvalue weighted by atomic mass is 16.5. The molecule has 0 saturated carbocycles. The zero-order valence-electron chi connectivity index (χ0n) is 11.4. The lowest BCUT2D eigenvalue weighted by molar-refractivity contribution is -0.0611. The predicted octanol–water partition coefficient (Wildman–Crippen LogP) is 3.00. The first-order valence-corrected chi connectivity index (χ1v) is 7.47. The van der Waals surface area contributed by atoms with E-state index in [1.807, 2.05) is 0 Å². The minimum atomic E-state index is 0.304. The van der Waals surface area contributed by atoms with Crippen molar-refractivity contribution < 1.29 is 9.47 Å². The van der Waals surface area contributed by atoms with E-state index >= 15 is 0 Å². The van der Waals surface area contributed by atoms with Gasteiger partial charge in [0.15, 0.2) is 0 Å². The van der Waals surface area contributed by atoms with Gasteiger partial charge in [-0.1, -0.05) is 18.2 Å². The molecule has 1 aromatic rings. The van der Waals surface area contributed by atoms with Crippen LogP contribution in [0.3, 0.4) is 0 Å². The van der Waals surface area contributed by atoms with Crippen LogP contribution in [0.15, 0.2) is 24.3 Å². The minimum absolute atomic E-state index is 0.304. The predicted molar refractivity (Wildman–Crippen MR) is 76.6 cm³/mol. The first-order chi connectivity index (χ1) is 9.42. The Morgan fingerprint density at radius 3 is 3.05 bits per heavy atom. The van der Waals surface area contributed by atoms with Crippen molar-refractivity contribution in [2.75, 3.05) is 25.1 Å². The molecule has 2 unspecified atom stereocenters. The second-order valence-corrected chi connectivity index (χ2v) is 5.52. The van der Waals surface area contributed by atoms with Gasteiger partial charge in [-0.05, 0) is 43.7 Å². The summed E-state index contributed by atoms with van der Waals surface area (Å²) in [6, 6.07) is 8.55. The molecule has 1 aromatic carbocycles. The molecule has 2 aliphatic heterocycles. The molecule has 2 heterocycles. The molecule has 104 valence electrons. The van der Waals surface area contributed by atoms with Crippen molar-refractivity contribution in [1.29, 1.82) is 0 Å². The van der Waals surface area contributed by atoms with Crippen molar-refractivity contribution >= 4 is 5.69 Å². The number of benzene rings is 1. The molecule has 0 amide bonds. The molecule has 0 spiro atoms. The van der Waals surface area contributed by atoms with Gasteiger partial charge in [0.1, 0.15) is 0 Å². The molecule has 1 N–H and O–H groups in total. The van der Waals surface area contributed by atoms with Crippen LogP contribution < -0.4 is 5.32 Å². The Bertz CT molecular complexity index is 374. The Labute approximate surface area is 115 Å². The van der Waals surface area contributed by atoms with E-state index in [1.54, 1.807) is 0 Å². The van der Waals surface area contributed by atoms with Crippen LogP contribution in [0.1, 0.15) is 31.2 Å². The van der Waals surface area contributed by atoms with Crippen LogP contribution in [0.4, 0.5) is 5.69 Å². The van der Waals surface area contributed by atoms with Crippen molar-refractivity contribution in [1.82, 2.24) is 0 Å². The zero-order chi connectivity index (χ0) is 12.9. The number of nitrogens with one attached hydrogen (secondary N) is 1. The van der Waals surface area contributed by atoms with Gasteiger partial charge < -0.3 is 14.8 Å². The monoisotopic (exact) mass is 261 g/mol. The van der Waals surface area contributed by atoms with Crippen LogP contribution in [0.2, 0.25) is 0 Å². The minimum Gasteiger partial charge on any atom is -0.382 e. The van der Waals surface area contributed by atoms with Gasteiger partial charge in [0.25, 0.3) is 0 Å². The summed E-state index contributed by atoms with van der Waals surface area (Å²) in [5.74, 6) is 0. The Kier molecular flexibility index (Phi) is 4.36. The van der Waals surface area contributed by atoms with Crippen LogP contribution in [0.25, 0.3) is 0 Å². The topological polar surface area (TPSA) is 30.5 Å². The van der Waals surface area contributed by atoms with Crippen molar-refractivity contribution in [3.8, 4) is 0 Å². The maximum atomic E-state index is 6.05. The van der Waals surface area contributed by atoms with Gasteiger partial charge in [0.2, 0.25) is 0 Å². The molecule has 1 fully saturated rings. The van der Waals surface area contributed by atoms with Crippen molar-refractivity contribution in [2.24, 2.45) is 0 Å². The molecule has 3 heteroatoms. The third-order valence-electron chi connectivity index (χ3n) is 4.07. The van der Waals surface area contributed by atoms with Crippen molar-refractivity contribution in [3.63, 3.8) is 0 Å². The summed E-state index contributed by atoms with van der Waals surface area (Å²) in [6.45, 7) is 2.56. The quantitative estimate of drug-likeness (QED) is 0.907. The summed E-state index contributed by atoms with van der Waals surface area (Å²) in [6.07, 6.45) is 6.45. The van der Waals surface area contributed by atoms with E-state index in [-0.39, 0.29) is 0 Å². The highest BCUT2D eigenvalue weighted by Crippen LogP contribution is 2.22. The van der Waals surface area contributed by atoms with Crippen LogP contribution >= 0.6 is 0 Å². The highest BCUT2D eigenvalue weighted by Gasteiger charge is 2.19. The number of anilines is 1. The van der Waals surface area contributed by atoms with Gasteiger partial charge in [-0.15, -0.1) is 0 Å². The average Bonchev–Trinajstić information content (AvgIpc) is 2.69. The number of para-hydroxylation sites is 1. The van der Waals surface area contributed by atoms with Crippen LogP contribution in [-0.4, -0.2) is 32.0 Å². The molecule has 3 rings (SSSR count). The molecular weight excluding hydrogens is 238 g/mol. The number of fused-ring (bicyclic) bond motifs is 1. The Morgan fingerprint density at radius 1 is 1.21 bits per heavy atom. The van der Waals surface area contributed by atoms with E-state index in [2.05, 4.69) is 29.6 Å². The summed E-state index contributed by atoms with van der Waals surface area (Å²) in [5.41, 5.74) is 2.67. The summed E-state index contributed by atoms with van der Waals surface area (Å²) in [4.78, 5) is 0. The third-order valence-corrected chi connectivity index (χ3v) is 4.07. The van der Waals surface area contributed by atoms with Crippen LogP contribution in [0, 0.1) is 0 Å². The lowest BCUT2D eigenvalue weighted by Crippen LogP contribution is -2.30. The van der Waals surface area contributed by atoms with Crippen LogP contribution in [-0.2, 0) is 15.9 Å². The first-order valence-electron chi connectivity index (χ1n) is 7.47. The lowest BCUT2D eigenvalue weighted by Gasteiger charge is -2.25. The maximum absolute atomic E-state index is 6.05. The highest BCUT2D eigenvalue weighted by molar-refractivity contribution is 5.51. The maximum Gasteiger partial charge on any atom is 0.0808 e. The van der Waals surface area contributed by atoms with E-state index in [9.17, 15) is 0 Å². The van der Waals surface area contributed by atoms with E-state index in [0.717, 1.165) is 39.0 Å². The molecular formula is C16H23NO2. The molecule has 2 aliphatic rings. The lowest BCUT2D eigenvalue weighted by atomic mass is 10.1. The molecule has 0 aromatic heterocycles.